The monoisotopic (exact) mass is 345 g/mol. The number of hydrogen-bond donors (Lipinski definition) is 2. The molecule has 2 fully saturated rings. The van der Waals surface area contributed by atoms with E-state index >= 15 is 0 Å². The summed E-state index contributed by atoms with van der Waals surface area (Å²) in [5, 5.41) is 19.6. The average molecular weight is 345 g/mol. The molecule has 0 unspecified atom stereocenters. The van der Waals surface area contributed by atoms with Crippen molar-refractivity contribution in [1.82, 2.24) is 14.3 Å². The summed E-state index contributed by atoms with van der Waals surface area (Å²) in [6, 6.07) is 4.48. The third-order valence-electron chi connectivity index (χ3n) is 5.27. The van der Waals surface area contributed by atoms with Crippen LogP contribution in [-0.2, 0) is 16.1 Å². The van der Waals surface area contributed by atoms with Gasteiger partial charge in [0, 0.05) is 38.5 Å². The van der Waals surface area contributed by atoms with Crippen LogP contribution in [0.4, 0.5) is 0 Å². The molecule has 8 heteroatoms. The number of nitrogens with zero attached hydrogens (tertiary/aromatic N) is 3. The van der Waals surface area contributed by atoms with Crippen LogP contribution in [0.15, 0.2) is 29.2 Å². The Morgan fingerprint density at radius 1 is 1.48 bits per heavy atom. The van der Waals surface area contributed by atoms with Gasteiger partial charge in [-0.1, -0.05) is 0 Å². The number of aliphatic carboxylic acids is 1. The second-order valence-electron chi connectivity index (χ2n) is 6.84. The van der Waals surface area contributed by atoms with E-state index < -0.39 is 11.4 Å². The molecule has 2 aliphatic rings. The maximum Gasteiger partial charge on any atom is 0.313 e. The van der Waals surface area contributed by atoms with Crippen molar-refractivity contribution in [3.63, 3.8) is 0 Å². The topological polar surface area (TPSA) is 104 Å². The quantitative estimate of drug-likeness (QED) is 0.826. The summed E-state index contributed by atoms with van der Waals surface area (Å²) < 4.78 is 6.72. The minimum absolute atomic E-state index is 0.0358. The molecule has 0 aliphatic carbocycles. The molecule has 8 nitrogen and oxygen atoms in total. The number of hydrogen-bond acceptors (Lipinski definition) is 6. The molecule has 2 aliphatic heterocycles. The highest BCUT2D eigenvalue weighted by molar-refractivity contribution is 5.76. The molecule has 4 rings (SSSR count). The van der Waals surface area contributed by atoms with E-state index in [1.165, 1.54) is 16.5 Å². The van der Waals surface area contributed by atoms with Gasteiger partial charge in [0.15, 0.2) is 11.4 Å². The summed E-state index contributed by atoms with van der Waals surface area (Å²) in [6.07, 6.45) is 2.27. The lowest BCUT2D eigenvalue weighted by atomic mass is 9.76. The molecule has 2 saturated heterocycles. The molecular formula is C17H19N3O5. The van der Waals surface area contributed by atoms with Gasteiger partial charge in [0.2, 0.25) is 0 Å². The van der Waals surface area contributed by atoms with Gasteiger partial charge >= 0.3 is 5.97 Å². The van der Waals surface area contributed by atoms with E-state index in [1.54, 1.807) is 12.3 Å². The summed E-state index contributed by atoms with van der Waals surface area (Å²) in [6.45, 7) is 2.17. The van der Waals surface area contributed by atoms with E-state index in [9.17, 15) is 19.8 Å². The van der Waals surface area contributed by atoms with E-state index in [0.29, 0.717) is 31.9 Å². The Hall–Kier alpha value is -2.45. The van der Waals surface area contributed by atoms with Crippen LogP contribution in [0, 0.1) is 11.3 Å². The minimum atomic E-state index is -0.883. The van der Waals surface area contributed by atoms with Crippen molar-refractivity contribution >= 4 is 11.6 Å². The third-order valence-corrected chi connectivity index (χ3v) is 5.27. The van der Waals surface area contributed by atoms with E-state index in [1.807, 2.05) is 4.90 Å². The van der Waals surface area contributed by atoms with Crippen molar-refractivity contribution in [2.24, 2.45) is 11.3 Å². The first-order valence-electron chi connectivity index (χ1n) is 8.23. The normalized spacial score (nSPS) is 26.6. The predicted octanol–water partition coefficient (Wildman–Crippen LogP) is 0.323. The number of carboxylic acids is 1. The molecular weight excluding hydrogens is 326 g/mol. The van der Waals surface area contributed by atoms with Crippen LogP contribution >= 0.6 is 0 Å². The van der Waals surface area contributed by atoms with Gasteiger partial charge in [-0.25, -0.2) is 4.98 Å². The van der Waals surface area contributed by atoms with Crippen LogP contribution < -0.4 is 5.56 Å². The van der Waals surface area contributed by atoms with Crippen LogP contribution in [0.3, 0.4) is 0 Å². The van der Waals surface area contributed by atoms with E-state index in [2.05, 4.69) is 4.98 Å². The number of fused-ring (bicyclic) bond motifs is 2. The Morgan fingerprint density at radius 2 is 2.32 bits per heavy atom. The third kappa shape index (κ3) is 2.58. The summed E-state index contributed by atoms with van der Waals surface area (Å²) in [4.78, 5) is 30.4. The highest BCUT2D eigenvalue weighted by Crippen LogP contribution is 2.42. The number of rotatable bonds is 3. The van der Waals surface area contributed by atoms with Gasteiger partial charge < -0.3 is 14.9 Å². The zero-order valence-electron chi connectivity index (χ0n) is 13.6. The Bertz CT molecular complexity index is 895. The highest BCUT2D eigenvalue weighted by Gasteiger charge is 2.54. The molecule has 0 spiro atoms. The standard InChI is InChI=1S/C17H19N3O5/c21-13-2-1-4-20-14(22)6-12(18-15(13)20)8-19-7-11-3-5-25-10-17(11,9-19)16(23)24/h1-2,4,6,11,21H,3,5,7-10H2,(H,23,24)/t11-,17+/m0/s1. The highest BCUT2D eigenvalue weighted by atomic mass is 16.5. The van der Waals surface area contributed by atoms with Gasteiger partial charge in [0.1, 0.15) is 5.41 Å². The molecule has 2 aromatic heterocycles. The number of likely N-dealkylation sites (tertiary alicyclic amines) is 1. The summed E-state index contributed by atoms with van der Waals surface area (Å²) in [5.74, 6) is -0.857. The lowest BCUT2D eigenvalue weighted by molar-refractivity contribution is -0.159. The SMILES string of the molecule is O=C(O)[C@]12COCC[C@H]1CN(Cc1cc(=O)n3cccc(O)c3n1)C2. The lowest BCUT2D eigenvalue weighted by Gasteiger charge is -2.34. The average Bonchev–Trinajstić information content (AvgIpc) is 2.95. The number of ether oxygens (including phenoxy) is 1. The van der Waals surface area contributed by atoms with Crippen LogP contribution in [0.1, 0.15) is 12.1 Å². The second kappa shape index (κ2) is 5.82. The van der Waals surface area contributed by atoms with Gasteiger partial charge in [-0.3, -0.25) is 18.9 Å². The van der Waals surface area contributed by atoms with Crippen LogP contribution in [0.25, 0.3) is 5.65 Å². The molecule has 4 heterocycles. The molecule has 0 aromatic carbocycles. The summed E-state index contributed by atoms with van der Waals surface area (Å²) in [5.41, 5.74) is -0.431. The fraction of sp³-hybridized carbons (Fsp3) is 0.471. The Morgan fingerprint density at radius 3 is 3.08 bits per heavy atom. The first kappa shape index (κ1) is 16.0. The first-order valence-corrected chi connectivity index (χ1v) is 8.23. The van der Waals surface area contributed by atoms with Crippen molar-refractivity contribution in [2.75, 3.05) is 26.3 Å². The molecule has 2 aromatic rings. The van der Waals surface area contributed by atoms with Crippen LogP contribution in [0.2, 0.25) is 0 Å². The van der Waals surface area contributed by atoms with Gasteiger partial charge in [0.25, 0.3) is 5.56 Å². The van der Waals surface area contributed by atoms with Crippen molar-refractivity contribution in [2.45, 2.75) is 13.0 Å². The Labute approximate surface area is 143 Å². The zero-order chi connectivity index (χ0) is 17.6. The molecule has 132 valence electrons. The molecule has 25 heavy (non-hydrogen) atoms. The van der Waals surface area contributed by atoms with Crippen molar-refractivity contribution < 1.29 is 19.7 Å². The number of carboxylic acid groups (broad SMARTS) is 1. The molecule has 2 N–H and O–H groups in total. The number of aromatic nitrogens is 2. The van der Waals surface area contributed by atoms with E-state index in [0.717, 1.165) is 6.42 Å². The smallest absolute Gasteiger partial charge is 0.313 e. The van der Waals surface area contributed by atoms with Crippen LogP contribution in [-0.4, -0.2) is 56.8 Å². The predicted molar refractivity (Wildman–Crippen MR) is 87.4 cm³/mol. The van der Waals surface area contributed by atoms with Gasteiger partial charge in [0.05, 0.1) is 12.3 Å². The first-order chi connectivity index (χ1) is 12.0. The van der Waals surface area contributed by atoms with Gasteiger partial charge in [-0.2, -0.15) is 0 Å². The number of aromatic hydroxyl groups is 1. The van der Waals surface area contributed by atoms with Crippen molar-refractivity contribution in [3.8, 4) is 5.75 Å². The van der Waals surface area contributed by atoms with E-state index in [4.69, 9.17) is 4.74 Å². The summed E-state index contributed by atoms with van der Waals surface area (Å²) in [7, 11) is 0. The molecule has 0 amide bonds. The van der Waals surface area contributed by atoms with Gasteiger partial charge in [-0.15, -0.1) is 0 Å². The lowest BCUT2D eigenvalue weighted by Crippen LogP contribution is -2.46. The van der Waals surface area contributed by atoms with Crippen molar-refractivity contribution in [3.05, 3.63) is 40.4 Å². The molecule has 0 saturated carbocycles. The van der Waals surface area contributed by atoms with Gasteiger partial charge in [-0.05, 0) is 24.5 Å². The molecule has 0 bridgehead atoms. The molecule has 2 atom stereocenters. The fourth-order valence-electron chi connectivity index (χ4n) is 3.98. The van der Waals surface area contributed by atoms with Crippen molar-refractivity contribution in [1.29, 1.82) is 0 Å². The fourth-order valence-corrected chi connectivity index (χ4v) is 3.98. The minimum Gasteiger partial charge on any atom is -0.504 e. The van der Waals surface area contributed by atoms with E-state index in [-0.39, 0.29) is 29.5 Å². The zero-order valence-corrected chi connectivity index (χ0v) is 13.6. The number of carbonyl (C=O) groups is 1. The maximum atomic E-state index is 12.2. The molecule has 0 radical (unpaired) electrons. The Balaban J connectivity index is 1.63. The maximum absolute atomic E-state index is 12.2. The second-order valence-corrected chi connectivity index (χ2v) is 6.84. The number of pyridine rings is 1. The van der Waals surface area contributed by atoms with Crippen LogP contribution in [0.5, 0.6) is 5.75 Å². The Kier molecular flexibility index (Phi) is 3.73. The largest absolute Gasteiger partial charge is 0.504 e. The summed E-state index contributed by atoms with van der Waals surface area (Å²) >= 11 is 0.